The van der Waals surface area contributed by atoms with Gasteiger partial charge in [0, 0.05) is 22.0 Å². The summed E-state index contributed by atoms with van der Waals surface area (Å²) in [6, 6.07) is 14.0. The number of carboxylic acid groups (broad SMARTS) is 1. The first-order valence-corrected chi connectivity index (χ1v) is 14.6. The average Bonchev–Trinajstić information content (AvgIpc) is 2.91. The van der Waals surface area contributed by atoms with Crippen LogP contribution in [-0.2, 0) is 4.79 Å². The predicted molar refractivity (Wildman–Crippen MR) is 154 cm³/mol. The molecule has 1 aliphatic rings. The van der Waals surface area contributed by atoms with Gasteiger partial charge in [0.15, 0.2) is 0 Å². The minimum Gasteiger partial charge on any atom is -0.497 e. The number of rotatable bonds is 12. The normalized spacial score (nSPS) is 16.4. The molecule has 0 saturated carbocycles. The van der Waals surface area contributed by atoms with E-state index >= 15 is 0 Å². The Morgan fingerprint density at radius 2 is 2.00 bits per heavy atom. The van der Waals surface area contributed by atoms with Gasteiger partial charge in [-0.05, 0) is 99.7 Å². The zero-order valence-corrected chi connectivity index (χ0v) is 23.7. The molecule has 1 aromatic heterocycles. The fourth-order valence-corrected chi connectivity index (χ4v) is 6.74. The molecule has 2 aromatic carbocycles. The van der Waals surface area contributed by atoms with Crippen LogP contribution in [0.1, 0.15) is 55.8 Å². The Morgan fingerprint density at radius 1 is 1.24 bits per heavy atom. The monoisotopic (exact) mass is 556 g/mol. The number of likely N-dealkylation sites (tertiary alicyclic amines) is 1. The maximum absolute atomic E-state index is 11.8. The number of thioether (sulfide) groups is 1. The molecular formula is C30H37ClN2O4S. The highest BCUT2D eigenvalue weighted by atomic mass is 35.5. The maximum Gasteiger partial charge on any atom is 0.303 e. The number of aliphatic hydroxyl groups is 1. The van der Waals surface area contributed by atoms with E-state index in [1.165, 1.54) is 10.5 Å². The lowest BCUT2D eigenvalue weighted by Gasteiger charge is -2.41. The van der Waals surface area contributed by atoms with Gasteiger partial charge in [-0.2, -0.15) is 0 Å². The van der Waals surface area contributed by atoms with Gasteiger partial charge in [0.2, 0.25) is 0 Å². The van der Waals surface area contributed by atoms with Crippen molar-refractivity contribution < 1.29 is 19.7 Å². The van der Waals surface area contributed by atoms with Gasteiger partial charge in [0.1, 0.15) is 5.75 Å². The molecule has 38 heavy (non-hydrogen) atoms. The summed E-state index contributed by atoms with van der Waals surface area (Å²) in [5.41, 5.74) is 2.35. The molecule has 4 rings (SSSR count). The molecule has 0 aliphatic carbocycles. The summed E-state index contributed by atoms with van der Waals surface area (Å²) in [4.78, 5) is 20.0. The number of aliphatic hydroxyl groups excluding tert-OH is 1. The molecule has 0 radical (unpaired) electrons. The van der Waals surface area contributed by atoms with E-state index in [4.69, 9.17) is 16.3 Å². The average molecular weight is 557 g/mol. The van der Waals surface area contributed by atoms with Crippen molar-refractivity contribution in [2.24, 2.45) is 5.41 Å². The van der Waals surface area contributed by atoms with Crippen LogP contribution in [0.15, 0.2) is 53.6 Å². The molecule has 0 unspecified atom stereocenters. The quantitative estimate of drug-likeness (QED) is 0.188. The Kier molecular flexibility index (Phi) is 9.93. The molecule has 1 fully saturated rings. The first-order chi connectivity index (χ1) is 18.3. The summed E-state index contributed by atoms with van der Waals surface area (Å²) in [5, 5.41) is 22.1. The number of carbonyl (C=O) groups is 1. The van der Waals surface area contributed by atoms with Crippen LogP contribution in [-0.4, -0.2) is 58.6 Å². The molecular weight excluding hydrogens is 520 g/mol. The highest BCUT2D eigenvalue weighted by Gasteiger charge is 2.37. The SMILES string of the molecule is COc1ccc2ncc(Cl)c([C@@H](O)CCC3(CC(=O)O)CCN(CCCSc4ccccc4C)CC3)c2c1. The number of hydrogen-bond donors (Lipinski definition) is 2. The van der Waals surface area contributed by atoms with Crippen LogP contribution in [0.3, 0.4) is 0 Å². The first kappa shape index (κ1) is 28.7. The standard InChI is InChI=1S/C30H37ClN2O4S/c1-21-6-3-4-7-27(21)38-17-5-14-33-15-12-30(13-16-33,19-28(35)36)11-10-26(34)29-23-18-22(37-2)8-9-25(23)32-20-24(29)31/h3-4,6-9,18,20,26,34H,5,10-17,19H2,1-2H3,(H,35,36)/t26-/m0/s1. The molecule has 0 spiro atoms. The van der Waals surface area contributed by atoms with Crippen LogP contribution in [0.5, 0.6) is 5.75 Å². The number of hydrogen-bond acceptors (Lipinski definition) is 6. The Labute approximate surface area is 234 Å². The Balaban J connectivity index is 1.35. The van der Waals surface area contributed by atoms with E-state index in [2.05, 4.69) is 41.1 Å². The molecule has 0 amide bonds. The molecule has 1 aliphatic heterocycles. The molecule has 3 aromatic rings. The van der Waals surface area contributed by atoms with Gasteiger partial charge in [-0.1, -0.05) is 29.8 Å². The van der Waals surface area contributed by atoms with Gasteiger partial charge in [-0.3, -0.25) is 9.78 Å². The number of fused-ring (bicyclic) bond motifs is 1. The predicted octanol–water partition coefficient (Wildman–Crippen LogP) is 6.76. The second kappa shape index (κ2) is 13.2. The molecule has 1 atom stereocenters. The molecule has 8 heteroatoms. The molecule has 2 heterocycles. The molecule has 2 N–H and O–H groups in total. The smallest absolute Gasteiger partial charge is 0.303 e. The van der Waals surface area contributed by atoms with E-state index in [1.54, 1.807) is 13.3 Å². The summed E-state index contributed by atoms with van der Waals surface area (Å²) < 4.78 is 5.36. The van der Waals surface area contributed by atoms with E-state index in [1.807, 2.05) is 30.0 Å². The Morgan fingerprint density at radius 3 is 2.71 bits per heavy atom. The van der Waals surface area contributed by atoms with E-state index < -0.39 is 12.1 Å². The first-order valence-electron chi connectivity index (χ1n) is 13.2. The number of halogens is 1. The summed E-state index contributed by atoms with van der Waals surface area (Å²) in [5.74, 6) is 0.959. The number of nitrogens with zero attached hydrogens (tertiary/aromatic N) is 2. The lowest BCUT2D eigenvalue weighted by Crippen LogP contribution is -2.41. The van der Waals surface area contributed by atoms with Crippen LogP contribution in [0.4, 0.5) is 0 Å². The number of aliphatic carboxylic acids is 1. The van der Waals surface area contributed by atoms with E-state index in [9.17, 15) is 15.0 Å². The van der Waals surface area contributed by atoms with Crippen molar-refractivity contribution in [2.45, 2.75) is 56.4 Å². The van der Waals surface area contributed by atoms with Gasteiger partial charge < -0.3 is 19.8 Å². The van der Waals surface area contributed by atoms with Gasteiger partial charge in [-0.15, -0.1) is 11.8 Å². The highest BCUT2D eigenvalue weighted by Crippen LogP contribution is 2.43. The third-order valence-electron chi connectivity index (χ3n) is 7.76. The van der Waals surface area contributed by atoms with E-state index in [-0.39, 0.29) is 11.8 Å². The van der Waals surface area contributed by atoms with Gasteiger partial charge >= 0.3 is 5.97 Å². The van der Waals surface area contributed by atoms with Crippen molar-refractivity contribution in [2.75, 3.05) is 32.5 Å². The van der Waals surface area contributed by atoms with E-state index in [0.29, 0.717) is 29.2 Å². The van der Waals surface area contributed by atoms with Crippen molar-refractivity contribution in [3.8, 4) is 5.75 Å². The number of methoxy groups -OCH3 is 1. The van der Waals surface area contributed by atoms with Crippen molar-refractivity contribution in [1.82, 2.24) is 9.88 Å². The third kappa shape index (κ3) is 7.20. The number of piperidine rings is 1. The molecule has 0 bridgehead atoms. The van der Waals surface area contributed by atoms with Crippen molar-refractivity contribution in [1.29, 1.82) is 0 Å². The fraction of sp³-hybridized carbons (Fsp3) is 0.467. The Hall–Kier alpha value is -2.32. The largest absolute Gasteiger partial charge is 0.497 e. The Bertz CT molecular complexity index is 1250. The van der Waals surface area contributed by atoms with Crippen LogP contribution in [0.25, 0.3) is 10.9 Å². The summed E-state index contributed by atoms with van der Waals surface area (Å²) in [7, 11) is 1.60. The topological polar surface area (TPSA) is 82.9 Å². The summed E-state index contributed by atoms with van der Waals surface area (Å²) in [6.07, 6.45) is 4.67. The van der Waals surface area contributed by atoms with Crippen LogP contribution < -0.4 is 4.74 Å². The number of benzene rings is 2. The number of pyridine rings is 1. The minimum absolute atomic E-state index is 0.120. The second-order valence-electron chi connectivity index (χ2n) is 10.3. The minimum atomic E-state index is -0.817. The van der Waals surface area contributed by atoms with Crippen molar-refractivity contribution >= 4 is 40.2 Å². The lowest BCUT2D eigenvalue weighted by molar-refractivity contribution is -0.141. The fourth-order valence-electron chi connectivity index (χ4n) is 5.50. The van der Waals surface area contributed by atoms with Gasteiger partial charge in [0.25, 0.3) is 0 Å². The molecule has 1 saturated heterocycles. The van der Waals surface area contributed by atoms with Gasteiger partial charge in [-0.25, -0.2) is 0 Å². The van der Waals surface area contributed by atoms with Crippen molar-refractivity contribution in [3.05, 3.63) is 64.8 Å². The van der Waals surface area contributed by atoms with Crippen LogP contribution in [0, 0.1) is 12.3 Å². The third-order valence-corrected chi connectivity index (χ3v) is 9.33. The number of aryl methyl sites for hydroxylation is 1. The molecule has 6 nitrogen and oxygen atoms in total. The zero-order valence-electron chi connectivity index (χ0n) is 22.2. The summed E-state index contributed by atoms with van der Waals surface area (Å²) in [6.45, 7) is 4.93. The molecule has 204 valence electrons. The number of carboxylic acids is 1. The second-order valence-corrected chi connectivity index (χ2v) is 11.9. The highest BCUT2D eigenvalue weighted by molar-refractivity contribution is 7.99. The van der Waals surface area contributed by atoms with Gasteiger partial charge in [0.05, 0.1) is 30.2 Å². The maximum atomic E-state index is 11.8. The van der Waals surface area contributed by atoms with Crippen molar-refractivity contribution in [3.63, 3.8) is 0 Å². The number of aromatic nitrogens is 1. The lowest BCUT2D eigenvalue weighted by atomic mass is 9.71. The summed E-state index contributed by atoms with van der Waals surface area (Å²) >= 11 is 8.40. The van der Waals surface area contributed by atoms with E-state index in [0.717, 1.165) is 55.6 Å². The van der Waals surface area contributed by atoms with Crippen LogP contribution in [0.2, 0.25) is 5.02 Å². The zero-order chi connectivity index (χ0) is 27.1. The van der Waals surface area contributed by atoms with Crippen LogP contribution >= 0.6 is 23.4 Å². The number of ether oxygens (including phenoxy) is 1.